The molecule has 0 spiro atoms. The number of hydrogen-bond acceptors (Lipinski definition) is 2. The molecule has 0 fully saturated rings. The van der Waals surface area contributed by atoms with E-state index in [0.29, 0.717) is 0 Å². The Balaban J connectivity index is 1.76. The van der Waals surface area contributed by atoms with Gasteiger partial charge in [0.1, 0.15) is 5.75 Å². The molecule has 2 aromatic carbocycles. The first kappa shape index (κ1) is 14.8. The van der Waals surface area contributed by atoms with Gasteiger partial charge in [-0.05, 0) is 77.2 Å². The van der Waals surface area contributed by atoms with Crippen LogP contribution in [-0.4, -0.2) is 17.9 Å². The highest BCUT2D eigenvalue weighted by molar-refractivity contribution is 14.1. The minimum atomic E-state index is 0.858. The van der Waals surface area contributed by atoms with E-state index in [1.807, 2.05) is 54.9 Å². The Morgan fingerprint density at radius 2 is 1.73 bits per heavy atom. The van der Waals surface area contributed by atoms with Gasteiger partial charge in [-0.2, -0.15) is 0 Å². The maximum atomic E-state index is 5.18. The van der Waals surface area contributed by atoms with E-state index in [0.717, 1.165) is 22.7 Å². The number of aliphatic imine (C=N–C) groups is 1. The van der Waals surface area contributed by atoms with Crippen LogP contribution in [0.2, 0.25) is 0 Å². The fourth-order valence-electron chi connectivity index (χ4n) is 2.08. The van der Waals surface area contributed by atoms with Gasteiger partial charge in [0.05, 0.1) is 12.8 Å². The highest BCUT2D eigenvalue weighted by Crippen LogP contribution is 2.17. The Morgan fingerprint density at radius 1 is 1.00 bits per heavy atom. The lowest BCUT2D eigenvalue weighted by molar-refractivity contribution is 0.415. The van der Waals surface area contributed by atoms with Crippen LogP contribution in [0.5, 0.6) is 5.75 Å². The highest BCUT2D eigenvalue weighted by Gasteiger charge is 1.98. The summed E-state index contributed by atoms with van der Waals surface area (Å²) in [5.74, 6) is 0.858. The van der Waals surface area contributed by atoms with E-state index in [4.69, 9.17) is 4.74 Å². The summed E-state index contributed by atoms with van der Waals surface area (Å²) < 4.78 is 8.45. The molecule has 0 bridgehead atoms. The van der Waals surface area contributed by atoms with E-state index >= 15 is 0 Å². The van der Waals surface area contributed by atoms with Crippen molar-refractivity contribution < 1.29 is 4.74 Å². The molecule has 0 aliphatic carbocycles. The molecule has 22 heavy (non-hydrogen) atoms. The molecule has 0 atom stereocenters. The molecule has 0 saturated carbocycles. The number of nitrogens with zero attached hydrogens (tertiary/aromatic N) is 2. The molecule has 0 aliphatic heterocycles. The Morgan fingerprint density at radius 3 is 2.41 bits per heavy atom. The lowest BCUT2D eigenvalue weighted by Crippen LogP contribution is -1.90. The third-order valence-corrected chi connectivity index (χ3v) is 3.99. The van der Waals surface area contributed by atoms with Crippen LogP contribution in [0.15, 0.2) is 72.0 Å². The molecular formula is C18H15IN2O. The minimum Gasteiger partial charge on any atom is -0.497 e. The van der Waals surface area contributed by atoms with Gasteiger partial charge in [-0.3, -0.25) is 4.99 Å². The quantitative estimate of drug-likeness (QED) is 0.453. The summed E-state index contributed by atoms with van der Waals surface area (Å²) in [6, 6.07) is 18.1. The van der Waals surface area contributed by atoms with E-state index in [-0.39, 0.29) is 0 Å². The molecular weight excluding hydrogens is 387 g/mol. The van der Waals surface area contributed by atoms with Crippen molar-refractivity contribution in [3.63, 3.8) is 0 Å². The molecule has 1 aromatic heterocycles. The third kappa shape index (κ3) is 3.57. The summed E-state index contributed by atoms with van der Waals surface area (Å²) in [6.45, 7) is 0. The van der Waals surface area contributed by atoms with E-state index < -0.39 is 0 Å². The van der Waals surface area contributed by atoms with Crippen molar-refractivity contribution in [2.45, 2.75) is 0 Å². The van der Waals surface area contributed by atoms with Crippen LogP contribution in [0, 0.1) is 3.57 Å². The summed E-state index contributed by atoms with van der Waals surface area (Å²) >= 11 is 2.29. The summed E-state index contributed by atoms with van der Waals surface area (Å²) in [5, 5.41) is 0. The number of halogens is 1. The molecule has 0 amide bonds. The van der Waals surface area contributed by atoms with Crippen LogP contribution in [0.4, 0.5) is 5.69 Å². The van der Waals surface area contributed by atoms with Gasteiger partial charge in [0.15, 0.2) is 0 Å². The Bertz CT molecular complexity index is 774. The molecule has 1 heterocycles. The second-order valence-electron chi connectivity index (χ2n) is 4.78. The zero-order chi connectivity index (χ0) is 15.4. The molecule has 0 unspecified atom stereocenters. The predicted molar refractivity (Wildman–Crippen MR) is 98.7 cm³/mol. The Kier molecular flexibility index (Phi) is 4.58. The smallest absolute Gasteiger partial charge is 0.119 e. The van der Waals surface area contributed by atoms with E-state index in [1.54, 1.807) is 7.11 Å². The largest absolute Gasteiger partial charge is 0.497 e. The first-order chi connectivity index (χ1) is 10.7. The average Bonchev–Trinajstić information content (AvgIpc) is 3.03. The van der Waals surface area contributed by atoms with Crippen molar-refractivity contribution in [3.05, 3.63) is 76.1 Å². The number of aromatic nitrogens is 1. The summed E-state index contributed by atoms with van der Waals surface area (Å²) in [7, 11) is 1.67. The maximum Gasteiger partial charge on any atom is 0.119 e. The normalized spacial score (nSPS) is 11.0. The molecule has 0 N–H and O–H groups in total. The van der Waals surface area contributed by atoms with Crippen molar-refractivity contribution in [3.8, 4) is 11.4 Å². The lowest BCUT2D eigenvalue weighted by Gasteiger charge is -2.04. The molecule has 3 rings (SSSR count). The first-order valence-corrected chi connectivity index (χ1v) is 7.94. The third-order valence-electron chi connectivity index (χ3n) is 3.28. The molecule has 3 aromatic rings. The molecule has 4 heteroatoms. The first-order valence-electron chi connectivity index (χ1n) is 6.87. The van der Waals surface area contributed by atoms with Gasteiger partial charge in [-0.25, -0.2) is 0 Å². The van der Waals surface area contributed by atoms with Crippen molar-refractivity contribution in [1.82, 2.24) is 4.57 Å². The second-order valence-corrected chi connectivity index (χ2v) is 6.03. The van der Waals surface area contributed by atoms with Gasteiger partial charge in [-0.1, -0.05) is 0 Å². The number of methoxy groups -OCH3 is 1. The summed E-state index contributed by atoms with van der Waals surface area (Å²) in [4.78, 5) is 4.49. The van der Waals surface area contributed by atoms with Gasteiger partial charge in [0, 0.05) is 33.4 Å². The van der Waals surface area contributed by atoms with Gasteiger partial charge >= 0.3 is 0 Å². The molecule has 3 nitrogen and oxygen atoms in total. The molecule has 110 valence electrons. The Hall–Kier alpha value is -2.08. The predicted octanol–water partition coefficient (Wildman–Crippen LogP) is 4.84. The van der Waals surface area contributed by atoms with Crippen LogP contribution in [0.1, 0.15) is 5.56 Å². The van der Waals surface area contributed by atoms with Crippen LogP contribution >= 0.6 is 22.6 Å². The zero-order valence-corrected chi connectivity index (χ0v) is 14.3. The van der Waals surface area contributed by atoms with Crippen LogP contribution < -0.4 is 4.74 Å². The van der Waals surface area contributed by atoms with Gasteiger partial charge in [-0.15, -0.1) is 0 Å². The standard InChI is InChI=1S/C18H15IN2O/c1-22-18-8-6-17(7-9-18)21-11-10-14(13-21)12-20-16-4-2-15(19)3-5-16/h2-13H,1H3. The Labute approximate surface area is 143 Å². The molecule has 0 aliphatic rings. The maximum absolute atomic E-state index is 5.18. The average molecular weight is 402 g/mol. The second kappa shape index (κ2) is 6.79. The lowest BCUT2D eigenvalue weighted by atomic mass is 10.3. The zero-order valence-electron chi connectivity index (χ0n) is 12.1. The number of rotatable bonds is 4. The number of hydrogen-bond donors (Lipinski definition) is 0. The monoisotopic (exact) mass is 402 g/mol. The van der Waals surface area contributed by atoms with Crippen LogP contribution in [0.25, 0.3) is 5.69 Å². The fraction of sp³-hybridized carbons (Fsp3) is 0.0556. The van der Waals surface area contributed by atoms with E-state index in [1.165, 1.54) is 3.57 Å². The van der Waals surface area contributed by atoms with Gasteiger partial charge in [0.25, 0.3) is 0 Å². The van der Waals surface area contributed by atoms with Crippen molar-refractivity contribution in [1.29, 1.82) is 0 Å². The van der Waals surface area contributed by atoms with E-state index in [9.17, 15) is 0 Å². The molecule has 0 saturated heterocycles. The number of benzene rings is 2. The van der Waals surface area contributed by atoms with Crippen molar-refractivity contribution >= 4 is 34.5 Å². The summed E-state index contributed by atoms with van der Waals surface area (Å²) in [5.41, 5.74) is 3.11. The van der Waals surface area contributed by atoms with Crippen molar-refractivity contribution in [2.24, 2.45) is 4.99 Å². The van der Waals surface area contributed by atoms with Gasteiger partial charge < -0.3 is 9.30 Å². The van der Waals surface area contributed by atoms with E-state index in [2.05, 4.69) is 50.5 Å². The molecule has 0 radical (unpaired) electrons. The van der Waals surface area contributed by atoms with Crippen molar-refractivity contribution in [2.75, 3.05) is 7.11 Å². The fourth-order valence-corrected chi connectivity index (χ4v) is 2.44. The minimum absolute atomic E-state index is 0.858. The topological polar surface area (TPSA) is 26.5 Å². The van der Waals surface area contributed by atoms with Crippen LogP contribution in [0.3, 0.4) is 0 Å². The number of ether oxygens (including phenoxy) is 1. The highest BCUT2D eigenvalue weighted by atomic mass is 127. The summed E-state index contributed by atoms with van der Waals surface area (Å²) in [6.07, 6.45) is 5.96. The SMILES string of the molecule is COc1ccc(-n2ccc(C=Nc3ccc(I)cc3)c2)cc1. The van der Waals surface area contributed by atoms with Crippen LogP contribution in [-0.2, 0) is 0 Å². The van der Waals surface area contributed by atoms with Gasteiger partial charge in [0.2, 0.25) is 0 Å².